The predicted octanol–water partition coefficient (Wildman–Crippen LogP) is 4.78. The van der Waals surface area contributed by atoms with Crippen molar-refractivity contribution in [2.75, 3.05) is 0 Å². The molecule has 1 saturated heterocycles. The second-order valence-corrected chi connectivity index (χ2v) is 8.67. The van der Waals surface area contributed by atoms with Gasteiger partial charge in [0.15, 0.2) is 0 Å². The van der Waals surface area contributed by atoms with Crippen molar-refractivity contribution in [3.05, 3.63) is 53.7 Å². The first-order valence-corrected chi connectivity index (χ1v) is 10.7. The molecule has 0 radical (unpaired) electrons. The lowest BCUT2D eigenvalue weighted by molar-refractivity contribution is 0.477. The van der Waals surface area contributed by atoms with E-state index in [4.69, 9.17) is 0 Å². The van der Waals surface area contributed by atoms with Crippen LogP contribution in [-0.2, 0) is 0 Å². The average molecular weight is 438 g/mol. The first-order valence-electron chi connectivity index (χ1n) is 9.79. The van der Waals surface area contributed by atoms with Crippen molar-refractivity contribution in [2.24, 2.45) is 0 Å². The first kappa shape index (κ1) is 19.2. The van der Waals surface area contributed by atoms with Crippen LogP contribution in [-0.4, -0.2) is 37.6 Å². The van der Waals surface area contributed by atoms with Crippen molar-refractivity contribution in [1.29, 1.82) is 0 Å². The van der Waals surface area contributed by atoms with Crippen molar-refractivity contribution in [3.63, 3.8) is 0 Å². The summed E-state index contributed by atoms with van der Waals surface area (Å²) in [7, 11) is 0. The predicted molar refractivity (Wildman–Crippen MR) is 122 cm³/mol. The van der Waals surface area contributed by atoms with Crippen molar-refractivity contribution < 1.29 is 5.11 Å². The summed E-state index contributed by atoms with van der Waals surface area (Å²) in [5.74, 6) is 0.187. The van der Waals surface area contributed by atoms with Crippen molar-refractivity contribution >= 4 is 39.5 Å². The van der Waals surface area contributed by atoms with Crippen LogP contribution in [0.4, 0.5) is 0 Å². The Hall–Kier alpha value is -2.74. The molecular weight excluding hydrogens is 418 g/mol. The molecule has 2 bridgehead atoms. The fourth-order valence-corrected chi connectivity index (χ4v) is 5.39. The van der Waals surface area contributed by atoms with Gasteiger partial charge in [-0.15, -0.1) is 33.9 Å². The Morgan fingerprint density at radius 1 is 1.07 bits per heavy atom. The fraction of sp³-hybridized carbons (Fsp3) is 0.227. The summed E-state index contributed by atoms with van der Waals surface area (Å²) in [5, 5.41) is 32.2. The van der Waals surface area contributed by atoms with Crippen LogP contribution in [0.5, 0.6) is 5.75 Å². The Kier molecular flexibility index (Phi) is 4.81. The maximum Gasteiger partial charge on any atom is 0.125 e. The van der Waals surface area contributed by atoms with E-state index in [0.717, 1.165) is 27.8 Å². The lowest BCUT2D eigenvalue weighted by Gasteiger charge is -2.20. The number of benzene rings is 1. The van der Waals surface area contributed by atoms with Gasteiger partial charge < -0.3 is 10.4 Å². The molecule has 0 aliphatic carbocycles. The van der Waals surface area contributed by atoms with Crippen LogP contribution in [0.15, 0.2) is 48.1 Å². The molecule has 5 heterocycles. The molecular formula is C22H20ClN5OS. The summed E-state index contributed by atoms with van der Waals surface area (Å²) in [6.07, 6.45) is 9.42. The number of aromatic nitrogens is 4. The molecule has 2 aliphatic rings. The number of thiophene rings is 1. The van der Waals surface area contributed by atoms with Crippen molar-refractivity contribution in [1.82, 2.24) is 25.7 Å². The van der Waals surface area contributed by atoms with Gasteiger partial charge in [-0.1, -0.05) is 12.1 Å². The van der Waals surface area contributed by atoms with Crippen LogP contribution in [0.25, 0.3) is 38.2 Å². The zero-order chi connectivity index (χ0) is 19.4. The Bertz CT molecular complexity index is 1250. The second kappa shape index (κ2) is 7.50. The zero-order valence-electron chi connectivity index (χ0n) is 16.0. The molecule has 2 atom stereocenters. The van der Waals surface area contributed by atoms with E-state index in [1.165, 1.54) is 24.0 Å². The maximum absolute atomic E-state index is 10.6. The van der Waals surface area contributed by atoms with E-state index >= 15 is 0 Å². The van der Waals surface area contributed by atoms with Gasteiger partial charge >= 0.3 is 0 Å². The van der Waals surface area contributed by atoms with Gasteiger partial charge in [0.1, 0.15) is 11.3 Å². The highest BCUT2D eigenvalue weighted by Crippen LogP contribution is 2.39. The molecule has 3 aromatic heterocycles. The minimum atomic E-state index is 0. The molecule has 3 N–H and O–H groups in total. The van der Waals surface area contributed by atoms with Gasteiger partial charge in [-0.05, 0) is 48.6 Å². The van der Waals surface area contributed by atoms with Gasteiger partial charge in [0.25, 0.3) is 0 Å². The van der Waals surface area contributed by atoms with Crippen molar-refractivity contribution in [2.45, 2.75) is 31.3 Å². The minimum Gasteiger partial charge on any atom is -0.507 e. The van der Waals surface area contributed by atoms with Crippen LogP contribution in [0.1, 0.15) is 24.8 Å². The number of fused-ring (bicyclic) bond motifs is 3. The Morgan fingerprint density at radius 2 is 2.00 bits per heavy atom. The number of aromatic amines is 1. The average Bonchev–Trinajstić information content (AvgIpc) is 3.47. The number of hydrogen-bond donors (Lipinski definition) is 3. The molecule has 1 aromatic carbocycles. The monoisotopic (exact) mass is 437 g/mol. The lowest BCUT2D eigenvalue weighted by Crippen LogP contribution is -2.31. The number of nitrogens with zero attached hydrogens (tertiary/aromatic N) is 3. The van der Waals surface area contributed by atoms with E-state index < -0.39 is 0 Å². The Balaban J connectivity index is 0.00000193. The van der Waals surface area contributed by atoms with Gasteiger partial charge in [-0.2, -0.15) is 5.10 Å². The molecule has 0 spiro atoms. The van der Waals surface area contributed by atoms with Crippen LogP contribution in [0.2, 0.25) is 0 Å². The van der Waals surface area contributed by atoms with E-state index in [-0.39, 0.29) is 18.2 Å². The first-order chi connectivity index (χ1) is 14.2. The largest absolute Gasteiger partial charge is 0.507 e. The van der Waals surface area contributed by atoms with E-state index in [0.29, 0.717) is 23.3 Å². The lowest BCUT2D eigenvalue weighted by atomic mass is 9.97. The van der Waals surface area contributed by atoms with E-state index in [1.807, 2.05) is 18.2 Å². The SMILES string of the molecule is Cl.Oc1cc(-c2cn[nH]c2)ccc1-c1cc2scc(C3=CC4CCC(C3)N4)c2nn1. The van der Waals surface area contributed by atoms with Crippen LogP contribution in [0.3, 0.4) is 0 Å². The molecule has 30 heavy (non-hydrogen) atoms. The quantitative estimate of drug-likeness (QED) is 0.429. The smallest absolute Gasteiger partial charge is 0.125 e. The molecule has 152 valence electrons. The molecule has 6 nitrogen and oxygen atoms in total. The molecule has 8 heteroatoms. The van der Waals surface area contributed by atoms with Gasteiger partial charge in [-0.25, -0.2) is 0 Å². The number of H-pyrrole nitrogens is 1. The van der Waals surface area contributed by atoms with Gasteiger partial charge in [0, 0.05) is 40.4 Å². The number of hydrogen-bond acceptors (Lipinski definition) is 6. The second-order valence-electron chi connectivity index (χ2n) is 7.75. The third kappa shape index (κ3) is 3.19. The number of phenolic OH excluding ortho intramolecular Hbond substituents is 1. The van der Waals surface area contributed by atoms with Gasteiger partial charge in [0.2, 0.25) is 0 Å². The summed E-state index contributed by atoms with van der Waals surface area (Å²) in [6, 6.07) is 8.70. The maximum atomic E-state index is 10.6. The molecule has 2 aliphatic heterocycles. The number of phenols is 1. The summed E-state index contributed by atoms with van der Waals surface area (Å²) in [4.78, 5) is 0. The third-order valence-corrected chi connectivity index (χ3v) is 6.83. The van der Waals surface area contributed by atoms with E-state index in [9.17, 15) is 5.11 Å². The number of rotatable bonds is 3. The van der Waals surface area contributed by atoms with Gasteiger partial charge in [0.05, 0.1) is 16.6 Å². The molecule has 2 unspecified atom stereocenters. The molecule has 6 rings (SSSR count). The number of halogens is 1. The topological polar surface area (TPSA) is 86.7 Å². The Morgan fingerprint density at radius 3 is 2.80 bits per heavy atom. The fourth-order valence-electron chi connectivity index (χ4n) is 4.44. The highest BCUT2D eigenvalue weighted by Gasteiger charge is 2.29. The van der Waals surface area contributed by atoms with Crippen LogP contribution >= 0.6 is 23.7 Å². The highest BCUT2D eigenvalue weighted by atomic mass is 35.5. The standard InChI is InChI=1S/C22H19N5OS.ClH/c28-20-7-12(14-9-23-24-10-14)1-4-17(20)19-8-21-22(27-26-19)18(11-29-21)13-5-15-2-3-16(6-13)25-15;/h1,4-5,7-11,15-16,25,28H,2-3,6H2,(H,23,24);1H. The summed E-state index contributed by atoms with van der Waals surface area (Å²) in [5.41, 5.74) is 6.75. The summed E-state index contributed by atoms with van der Waals surface area (Å²) in [6.45, 7) is 0. The third-order valence-electron chi connectivity index (χ3n) is 5.91. The molecule has 4 aromatic rings. The Labute approximate surface area is 183 Å². The minimum absolute atomic E-state index is 0. The highest BCUT2D eigenvalue weighted by molar-refractivity contribution is 7.17. The molecule has 1 fully saturated rings. The van der Waals surface area contributed by atoms with Crippen LogP contribution in [0, 0.1) is 0 Å². The molecule has 0 amide bonds. The zero-order valence-corrected chi connectivity index (χ0v) is 17.6. The number of aromatic hydroxyl groups is 1. The number of nitrogens with one attached hydrogen (secondary N) is 2. The van der Waals surface area contributed by atoms with Crippen LogP contribution < -0.4 is 5.32 Å². The molecule has 0 saturated carbocycles. The summed E-state index contributed by atoms with van der Waals surface area (Å²) < 4.78 is 1.09. The van der Waals surface area contributed by atoms with Gasteiger partial charge in [-0.3, -0.25) is 5.10 Å². The normalized spacial score (nSPS) is 20.2. The van der Waals surface area contributed by atoms with E-state index in [1.54, 1.807) is 29.8 Å². The van der Waals surface area contributed by atoms with E-state index in [2.05, 4.69) is 37.2 Å². The van der Waals surface area contributed by atoms with Crippen molar-refractivity contribution in [3.8, 4) is 28.1 Å². The summed E-state index contributed by atoms with van der Waals surface area (Å²) >= 11 is 1.69.